The number of nitrogens with two attached hydrogens (primary N) is 1. The van der Waals surface area contributed by atoms with E-state index in [1.807, 2.05) is 11.9 Å². The van der Waals surface area contributed by atoms with Gasteiger partial charge in [-0.05, 0) is 32.9 Å². The first-order valence-corrected chi connectivity index (χ1v) is 6.75. The zero-order valence-electron chi connectivity index (χ0n) is 11.5. The maximum atomic E-state index is 12.3. The second kappa shape index (κ2) is 6.97. The van der Waals surface area contributed by atoms with Gasteiger partial charge in [0.05, 0.1) is 5.92 Å². The van der Waals surface area contributed by atoms with Crippen LogP contribution in [0.4, 0.5) is 0 Å². The molecule has 4 heteroatoms. The van der Waals surface area contributed by atoms with Gasteiger partial charge in [-0.25, -0.2) is 0 Å². The summed E-state index contributed by atoms with van der Waals surface area (Å²) in [7, 11) is 4.06. The van der Waals surface area contributed by atoms with E-state index in [0.717, 1.165) is 32.4 Å². The predicted octanol–water partition coefficient (Wildman–Crippen LogP) is 0.914. The van der Waals surface area contributed by atoms with E-state index >= 15 is 0 Å². The van der Waals surface area contributed by atoms with Crippen molar-refractivity contribution in [2.45, 2.75) is 38.6 Å². The van der Waals surface area contributed by atoms with E-state index in [9.17, 15) is 4.79 Å². The van der Waals surface area contributed by atoms with Crippen LogP contribution in [0.2, 0.25) is 0 Å². The normalized spacial score (nSPS) is 23.4. The number of rotatable bonds is 5. The van der Waals surface area contributed by atoms with Gasteiger partial charge in [-0.2, -0.15) is 0 Å². The van der Waals surface area contributed by atoms with Crippen molar-refractivity contribution >= 4 is 5.91 Å². The second-order valence-electron chi connectivity index (χ2n) is 5.23. The number of likely N-dealkylation sites (N-methyl/N-ethyl adjacent to an activating group) is 2. The molecule has 0 bridgehead atoms. The Morgan fingerprint density at radius 1 is 1.59 bits per heavy atom. The third-order valence-electron chi connectivity index (χ3n) is 3.77. The molecule has 1 heterocycles. The molecule has 2 atom stereocenters. The van der Waals surface area contributed by atoms with Gasteiger partial charge < -0.3 is 15.5 Å². The molecule has 17 heavy (non-hydrogen) atoms. The van der Waals surface area contributed by atoms with Crippen LogP contribution in [0.15, 0.2) is 0 Å². The smallest absolute Gasteiger partial charge is 0.226 e. The molecule has 1 fully saturated rings. The highest BCUT2D eigenvalue weighted by Crippen LogP contribution is 2.17. The fraction of sp³-hybridized carbons (Fsp3) is 0.923. The first-order valence-electron chi connectivity index (χ1n) is 6.75. The third-order valence-corrected chi connectivity index (χ3v) is 3.77. The number of likely N-dealkylation sites (tertiary alicyclic amines) is 1. The Kier molecular flexibility index (Phi) is 5.92. The molecule has 0 aromatic carbocycles. The molecular formula is C13H27N3O. The highest BCUT2D eigenvalue weighted by Gasteiger charge is 2.27. The molecule has 0 spiro atoms. The molecule has 2 N–H and O–H groups in total. The molecule has 1 amide bonds. The summed E-state index contributed by atoms with van der Waals surface area (Å²) in [6.07, 6.45) is 4.23. The summed E-state index contributed by atoms with van der Waals surface area (Å²) in [5.74, 6) is 0.242. The molecule has 0 aromatic rings. The summed E-state index contributed by atoms with van der Waals surface area (Å²) < 4.78 is 0. The summed E-state index contributed by atoms with van der Waals surface area (Å²) in [5.41, 5.74) is 5.70. The van der Waals surface area contributed by atoms with E-state index in [-0.39, 0.29) is 11.8 Å². The zero-order valence-corrected chi connectivity index (χ0v) is 11.5. The van der Waals surface area contributed by atoms with Gasteiger partial charge in [0.25, 0.3) is 0 Å². The maximum Gasteiger partial charge on any atom is 0.226 e. The van der Waals surface area contributed by atoms with Gasteiger partial charge in [-0.1, -0.05) is 13.3 Å². The summed E-state index contributed by atoms with van der Waals surface area (Å²) in [6, 6.07) is 0.368. The fourth-order valence-electron chi connectivity index (χ4n) is 2.61. The third kappa shape index (κ3) is 3.96. The topological polar surface area (TPSA) is 49.6 Å². The fourth-order valence-corrected chi connectivity index (χ4v) is 2.61. The van der Waals surface area contributed by atoms with Crippen LogP contribution in [-0.2, 0) is 4.79 Å². The van der Waals surface area contributed by atoms with E-state index in [2.05, 4.69) is 18.9 Å². The maximum absolute atomic E-state index is 12.3. The van der Waals surface area contributed by atoms with E-state index < -0.39 is 0 Å². The van der Waals surface area contributed by atoms with Crippen molar-refractivity contribution in [2.24, 2.45) is 11.7 Å². The zero-order chi connectivity index (χ0) is 12.8. The van der Waals surface area contributed by atoms with Crippen LogP contribution in [0.5, 0.6) is 0 Å². The molecule has 4 nitrogen and oxygen atoms in total. The SMILES string of the molecule is CCCC(CN)C(=O)N(C)C1CCCN(C)C1. The van der Waals surface area contributed by atoms with Crippen LogP contribution < -0.4 is 5.73 Å². The largest absolute Gasteiger partial charge is 0.341 e. The Balaban J connectivity index is 2.54. The van der Waals surface area contributed by atoms with Gasteiger partial charge in [-0.15, -0.1) is 0 Å². The van der Waals surface area contributed by atoms with Crippen molar-refractivity contribution in [1.82, 2.24) is 9.80 Å². The van der Waals surface area contributed by atoms with Crippen molar-refractivity contribution in [1.29, 1.82) is 0 Å². The monoisotopic (exact) mass is 241 g/mol. The van der Waals surface area contributed by atoms with Crippen LogP contribution in [0.1, 0.15) is 32.6 Å². The van der Waals surface area contributed by atoms with Gasteiger partial charge >= 0.3 is 0 Å². The first kappa shape index (κ1) is 14.5. The van der Waals surface area contributed by atoms with Gasteiger partial charge in [-0.3, -0.25) is 4.79 Å². The average Bonchev–Trinajstić information content (AvgIpc) is 2.34. The number of carbonyl (C=O) groups is 1. The molecule has 1 aliphatic heterocycles. The number of amides is 1. The minimum atomic E-state index is 0.0113. The Morgan fingerprint density at radius 3 is 2.82 bits per heavy atom. The van der Waals surface area contributed by atoms with Crippen LogP contribution in [0.3, 0.4) is 0 Å². The molecule has 0 aromatic heterocycles. The molecule has 1 saturated heterocycles. The average molecular weight is 241 g/mol. The van der Waals surface area contributed by atoms with Crippen LogP contribution >= 0.6 is 0 Å². The van der Waals surface area contributed by atoms with E-state index in [1.165, 1.54) is 6.42 Å². The molecular weight excluding hydrogens is 214 g/mol. The number of hydrogen-bond acceptors (Lipinski definition) is 3. The molecule has 2 unspecified atom stereocenters. The van der Waals surface area contributed by atoms with Gasteiger partial charge in [0, 0.05) is 26.2 Å². The molecule has 0 aliphatic carbocycles. The summed E-state index contributed by atoms with van der Waals surface area (Å²) in [6.45, 7) is 4.71. The Morgan fingerprint density at radius 2 is 2.29 bits per heavy atom. The molecule has 0 radical (unpaired) electrons. The standard InChI is InChI=1S/C13H27N3O/c1-4-6-11(9-14)13(17)16(3)12-7-5-8-15(2)10-12/h11-12H,4-10,14H2,1-3H3. The Hall–Kier alpha value is -0.610. The molecule has 0 saturated carbocycles. The van der Waals surface area contributed by atoms with Gasteiger partial charge in [0.1, 0.15) is 0 Å². The molecule has 1 rings (SSSR count). The lowest BCUT2D eigenvalue weighted by Gasteiger charge is -2.37. The lowest BCUT2D eigenvalue weighted by molar-refractivity contribution is -0.137. The summed E-state index contributed by atoms with van der Waals surface area (Å²) >= 11 is 0. The lowest BCUT2D eigenvalue weighted by Crippen LogP contribution is -2.49. The van der Waals surface area contributed by atoms with E-state index in [4.69, 9.17) is 5.73 Å². The second-order valence-corrected chi connectivity index (χ2v) is 5.23. The predicted molar refractivity (Wildman–Crippen MR) is 70.7 cm³/mol. The van der Waals surface area contributed by atoms with Gasteiger partial charge in [0.2, 0.25) is 5.91 Å². The van der Waals surface area contributed by atoms with Gasteiger partial charge in [0.15, 0.2) is 0 Å². The van der Waals surface area contributed by atoms with Crippen molar-refractivity contribution in [2.75, 3.05) is 33.7 Å². The Bertz CT molecular complexity index is 245. The number of piperidine rings is 1. The summed E-state index contributed by atoms with van der Waals surface area (Å²) in [5, 5.41) is 0. The summed E-state index contributed by atoms with van der Waals surface area (Å²) in [4.78, 5) is 16.5. The van der Waals surface area contributed by atoms with Crippen molar-refractivity contribution in [3.05, 3.63) is 0 Å². The number of hydrogen-bond donors (Lipinski definition) is 1. The van der Waals surface area contributed by atoms with Crippen molar-refractivity contribution in [3.63, 3.8) is 0 Å². The van der Waals surface area contributed by atoms with Crippen molar-refractivity contribution in [3.8, 4) is 0 Å². The minimum absolute atomic E-state index is 0.0113. The molecule has 1 aliphatic rings. The highest BCUT2D eigenvalue weighted by atomic mass is 16.2. The number of nitrogens with zero attached hydrogens (tertiary/aromatic N) is 2. The quantitative estimate of drug-likeness (QED) is 0.778. The van der Waals surface area contributed by atoms with E-state index in [0.29, 0.717) is 12.6 Å². The number of carbonyl (C=O) groups excluding carboxylic acids is 1. The van der Waals surface area contributed by atoms with Crippen molar-refractivity contribution < 1.29 is 4.79 Å². The highest BCUT2D eigenvalue weighted by molar-refractivity contribution is 5.79. The lowest BCUT2D eigenvalue weighted by atomic mass is 9.99. The van der Waals surface area contributed by atoms with Crippen LogP contribution in [-0.4, -0.2) is 55.5 Å². The van der Waals surface area contributed by atoms with Crippen LogP contribution in [0, 0.1) is 5.92 Å². The minimum Gasteiger partial charge on any atom is -0.341 e. The van der Waals surface area contributed by atoms with Crippen LogP contribution in [0.25, 0.3) is 0 Å². The first-order chi connectivity index (χ1) is 8.10. The molecule has 100 valence electrons. The van der Waals surface area contributed by atoms with E-state index in [1.54, 1.807) is 0 Å². The Labute approximate surface area is 105 Å².